The van der Waals surface area contributed by atoms with E-state index < -0.39 is 0 Å². The number of hydrogen-bond acceptors (Lipinski definition) is 2. The maximum Gasteiger partial charge on any atom is 0.176 e. The quantitative estimate of drug-likeness (QED) is 0.706. The number of aromatic nitrogens is 1. The molecule has 0 aliphatic carbocycles. The van der Waals surface area contributed by atoms with E-state index in [0.717, 1.165) is 12.2 Å². The Kier molecular flexibility index (Phi) is 2.50. The predicted molar refractivity (Wildman–Crippen MR) is 57.9 cm³/mol. The first-order chi connectivity index (χ1) is 6.77. The largest absolute Gasteiger partial charge is 0.341 e. The van der Waals surface area contributed by atoms with E-state index in [1.807, 2.05) is 28.3 Å². The van der Waals surface area contributed by atoms with Gasteiger partial charge in [0.25, 0.3) is 0 Å². The van der Waals surface area contributed by atoms with Gasteiger partial charge in [-0.3, -0.25) is 4.79 Å². The number of thiophene rings is 1. The minimum atomic E-state index is 0.116. The Hall–Kier alpha value is -1.35. The topological polar surface area (TPSA) is 22.0 Å². The second-order valence-electron chi connectivity index (χ2n) is 3.21. The van der Waals surface area contributed by atoms with Crippen LogP contribution in [0.2, 0.25) is 0 Å². The summed E-state index contributed by atoms with van der Waals surface area (Å²) in [6.07, 6.45) is 1.94. The zero-order valence-corrected chi connectivity index (χ0v) is 8.75. The first kappa shape index (κ1) is 9.21. The van der Waals surface area contributed by atoms with E-state index in [1.54, 1.807) is 18.3 Å². The van der Waals surface area contributed by atoms with E-state index >= 15 is 0 Å². The Morgan fingerprint density at radius 1 is 1.50 bits per heavy atom. The molecule has 0 atom stereocenters. The van der Waals surface area contributed by atoms with Gasteiger partial charge >= 0.3 is 0 Å². The fourth-order valence-electron chi connectivity index (χ4n) is 1.45. The van der Waals surface area contributed by atoms with Gasteiger partial charge in [-0.05, 0) is 34.5 Å². The average Bonchev–Trinajstić information content (AvgIpc) is 2.75. The molecule has 2 rings (SSSR count). The zero-order chi connectivity index (χ0) is 9.97. The molecule has 2 heterocycles. The molecule has 0 amide bonds. The highest BCUT2D eigenvalue weighted by Gasteiger charge is 2.05. The Bertz CT molecular complexity index is 428. The minimum Gasteiger partial charge on any atom is -0.341 e. The minimum absolute atomic E-state index is 0.116. The van der Waals surface area contributed by atoms with Crippen molar-refractivity contribution >= 4 is 17.1 Å². The van der Waals surface area contributed by atoms with Crippen LogP contribution in [0, 0.1) is 0 Å². The lowest BCUT2D eigenvalue weighted by Crippen LogP contribution is -2.05. The summed E-state index contributed by atoms with van der Waals surface area (Å²) in [5, 5.41) is 4.15. The summed E-state index contributed by atoms with van der Waals surface area (Å²) in [4.78, 5) is 11.2. The predicted octanol–water partition coefficient (Wildman–Crippen LogP) is 2.80. The van der Waals surface area contributed by atoms with Crippen molar-refractivity contribution in [2.45, 2.75) is 13.5 Å². The molecule has 0 N–H and O–H groups in total. The first-order valence-corrected chi connectivity index (χ1v) is 5.39. The number of ketones is 1. The maximum absolute atomic E-state index is 11.2. The van der Waals surface area contributed by atoms with Crippen molar-refractivity contribution in [1.29, 1.82) is 0 Å². The molecule has 2 aromatic rings. The molecular formula is C11H11NOS. The van der Waals surface area contributed by atoms with Crippen molar-refractivity contribution in [2.24, 2.45) is 0 Å². The van der Waals surface area contributed by atoms with Crippen LogP contribution in [-0.4, -0.2) is 10.4 Å². The van der Waals surface area contributed by atoms with Crippen LogP contribution >= 0.6 is 11.3 Å². The lowest BCUT2D eigenvalue weighted by molar-refractivity contribution is 0.100. The molecule has 0 aromatic carbocycles. The molecule has 0 aliphatic rings. The summed E-state index contributed by atoms with van der Waals surface area (Å²) in [6.45, 7) is 2.38. The highest BCUT2D eigenvalue weighted by atomic mass is 32.1. The maximum atomic E-state index is 11.2. The summed E-state index contributed by atoms with van der Waals surface area (Å²) in [5.74, 6) is 0.116. The summed E-state index contributed by atoms with van der Waals surface area (Å²) in [7, 11) is 0. The normalized spacial score (nSPS) is 10.4. The van der Waals surface area contributed by atoms with Crippen LogP contribution in [0.4, 0.5) is 0 Å². The van der Waals surface area contributed by atoms with Gasteiger partial charge in [-0.15, -0.1) is 0 Å². The average molecular weight is 205 g/mol. The Morgan fingerprint density at radius 2 is 2.36 bits per heavy atom. The number of carbonyl (C=O) groups excluding carboxylic acids is 1. The molecule has 0 bridgehead atoms. The molecule has 2 aromatic heterocycles. The smallest absolute Gasteiger partial charge is 0.176 e. The van der Waals surface area contributed by atoms with Crippen LogP contribution in [0.25, 0.3) is 0 Å². The van der Waals surface area contributed by atoms with Crippen molar-refractivity contribution < 1.29 is 4.79 Å². The monoisotopic (exact) mass is 205 g/mol. The highest BCUT2D eigenvalue weighted by Crippen LogP contribution is 2.11. The Balaban J connectivity index is 2.25. The van der Waals surface area contributed by atoms with Crippen LogP contribution in [0.15, 0.2) is 35.2 Å². The molecule has 0 saturated heterocycles. The zero-order valence-electron chi connectivity index (χ0n) is 7.93. The third kappa shape index (κ3) is 1.77. The molecule has 72 valence electrons. The van der Waals surface area contributed by atoms with Gasteiger partial charge in [0.15, 0.2) is 5.78 Å². The van der Waals surface area contributed by atoms with Gasteiger partial charge in [-0.25, -0.2) is 0 Å². The lowest BCUT2D eigenvalue weighted by Gasteiger charge is -2.04. The molecule has 0 fully saturated rings. The summed E-state index contributed by atoms with van der Waals surface area (Å²) >= 11 is 1.68. The third-order valence-corrected chi connectivity index (χ3v) is 2.86. The highest BCUT2D eigenvalue weighted by molar-refractivity contribution is 7.07. The summed E-state index contributed by atoms with van der Waals surface area (Å²) in [5.41, 5.74) is 2.02. The fourth-order valence-corrected chi connectivity index (χ4v) is 2.11. The van der Waals surface area contributed by atoms with Gasteiger partial charge < -0.3 is 4.57 Å². The van der Waals surface area contributed by atoms with Gasteiger partial charge in [0.2, 0.25) is 0 Å². The van der Waals surface area contributed by atoms with Crippen molar-refractivity contribution in [2.75, 3.05) is 0 Å². The SMILES string of the molecule is CC(=O)c1cccn1Cc1ccsc1. The number of hydrogen-bond donors (Lipinski definition) is 0. The van der Waals surface area contributed by atoms with E-state index in [0.29, 0.717) is 0 Å². The molecule has 0 radical (unpaired) electrons. The van der Waals surface area contributed by atoms with Crippen LogP contribution in [-0.2, 0) is 6.54 Å². The van der Waals surface area contributed by atoms with E-state index in [-0.39, 0.29) is 5.78 Å². The molecule has 0 aliphatic heterocycles. The van der Waals surface area contributed by atoms with Gasteiger partial charge in [-0.1, -0.05) is 0 Å². The second-order valence-corrected chi connectivity index (χ2v) is 3.99. The van der Waals surface area contributed by atoms with Crippen LogP contribution in [0.3, 0.4) is 0 Å². The number of Topliss-reactive ketones (excluding diaryl/α,β-unsaturated/α-hetero) is 1. The van der Waals surface area contributed by atoms with E-state index in [9.17, 15) is 4.79 Å². The van der Waals surface area contributed by atoms with Gasteiger partial charge in [-0.2, -0.15) is 11.3 Å². The number of carbonyl (C=O) groups is 1. The summed E-state index contributed by atoms with van der Waals surface area (Å²) in [6, 6.07) is 5.84. The van der Waals surface area contributed by atoms with Crippen molar-refractivity contribution in [1.82, 2.24) is 4.57 Å². The second kappa shape index (κ2) is 3.80. The number of rotatable bonds is 3. The van der Waals surface area contributed by atoms with E-state index in [4.69, 9.17) is 0 Å². The van der Waals surface area contributed by atoms with E-state index in [1.165, 1.54) is 5.56 Å². The molecular weight excluding hydrogens is 194 g/mol. The molecule has 0 saturated carbocycles. The lowest BCUT2D eigenvalue weighted by atomic mass is 10.3. The Morgan fingerprint density at radius 3 is 3.00 bits per heavy atom. The standard InChI is InChI=1S/C11H11NOS/c1-9(13)11-3-2-5-12(11)7-10-4-6-14-8-10/h2-6,8H,7H2,1H3. The number of nitrogens with zero attached hydrogens (tertiary/aromatic N) is 1. The van der Waals surface area contributed by atoms with Crippen molar-refractivity contribution in [3.05, 3.63) is 46.4 Å². The molecule has 2 nitrogen and oxygen atoms in total. The molecule has 3 heteroatoms. The van der Waals surface area contributed by atoms with Crippen LogP contribution in [0.1, 0.15) is 23.0 Å². The third-order valence-electron chi connectivity index (χ3n) is 2.12. The van der Waals surface area contributed by atoms with Crippen LogP contribution < -0.4 is 0 Å². The Labute approximate surface area is 86.8 Å². The first-order valence-electron chi connectivity index (χ1n) is 4.44. The summed E-state index contributed by atoms with van der Waals surface area (Å²) < 4.78 is 1.98. The van der Waals surface area contributed by atoms with Crippen molar-refractivity contribution in [3.63, 3.8) is 0 Å². The molecule has 14 heavy (non-hydrogen) atoms. The fraction of sp³-hybridized carbons (Fsp3) is 0.182. The van der Waals surface area contributed by atoms with Gasteiger partial charge in [0, 0.05) is 19.7 Å². The van der Waals surface area contributed by atoms with Gasteiger partial charge in [0.1, 0.15) is 0 Å². The molecule has 0 unspecified atom stereocenters. The van der Waals surface area contributed by atoms with Crippen molar-refractivity contribution in [3.8, 4) is 0 Å². The van der Waals surface area contributed by atoms with E-state index in [2.05, 4.69) is 11.4 Å². The van der Waals surface area contributed by atoms with Gasteiger partial charge in [0.05, 0.1) is 5.69 Å². The van der Waals surface area contributed by atoms with Crippen LogP contribution in [0.5, 0.6) is 0 Å². The molecule has 0 spiro atoms.